The molecule has 2 heterocycles. The fourth-order valence-electron chi connectivity index (χ4n) is 3.54. The first-order valence-electron chi connectivity index (χ1n) is 7.14. The highest BCUT2D eigenvalue weighted by Crippen LogP contribution is 2.44. The van der Waals surface area contributed by atoms with E-state index in [0.717, 1.165) is 18.0 Å². The summed E-state index contributed by atoms with van der Waals surface area (Å²) < 4.78 is 18.4. The Morgan fingerprint density at radius 2 is 2.05 bits per heavy atom. The van der Waals surface area contributed by atoms with E-state index in [0.29, 0.717) is 17.6 Å². The summed E-state index contributed by atoms with van der Waals surface area (Å²) in [6, 6.07) is 6.34. The van der Waals surface area contributed by atoms with Crippen LogP contribution in [0.2, 0.25) is 0 Å². The monoisotopic (exact) mass is 273 g/mol. The summed E-state index contributed by atoms with van der Waals surface area (Å²) in [4.78, 5) is 4.49. The maximum Gasteiger partial charge on any atom is 0.244 e. The molecule has 4 rings (SSSR count). The van der Waals surface area contributed by atoms with E-state index in [1.165, 1.54) is 31.4 Å². The van der Waals surface area contributed by atoms with Crippen LogP contribution in [0.1, 0.15) is 31.2 Å². The molecule has 104 valence electrons. The lowest BCUT2D eigenvalue weighted by Crippen LogP contribution is -2.18. The maximum absolute atomic E-state index is 12.9. The van der Waals surface area contributed by atoms with Crippen molar-refractivity contribution in [3.05, 3.63) is 36.0 Å². The highest BCUT2D eigenvalue weighted by Gasteiger charge is 2.42. The SMILES string of the molecule is Fc1ccc(-c2noc(C3NCC4CCCC43)n2)cc1. The highest BCUT2D eigenvalue weighted by atomic mass is 19.1. The van der Waals surface area contributed by atoms with Gasteiger partial charge in [-0.05, 0) is 55.5 Å². The summed E-state index contributed by atoms with van der Waals surface area (Å²) in [7, 11) is 0. The normalized spacial score (nSPS) is 28.8. The number of aromatic nitrogens is 2. The van der Waals surface area contributed by atoms with Crippen molar-refractivity contribution >= 4 is 0 Å². The molecule has 2 fully saturated rings. The van der Waals surface area contributed by atoms with Crippen LogP contribution in [-0.2, 0) is 0 Å². The quantitative estimate of drug-likeness (QED) is 0.914. The van der Waals surface area contributed by atoms with Gasteiger partial charge in [0, 0.05) is 5.56 Å². The molecule has 3 unspecified atom stereocenters. The Labute approximate surface area is 116 Å². The molecule has 1 aliphatic carbocycles. The van der Waals surface area contributed by atoms with Crippen LogP contribution in [-0.4, -0.2) is 16.7 Å². The van der Waals surface area contributed by atoms with E-state index in [9.17, 15) is 4.39 Å². The molecular weight excluding hydrogens is 257 g/mol. The van der Waals surface area contributed by atoms with Crippen LogP contribution in [0, 0.1) is 17.7 Å². The van der Waals surface area contributed by atoms with Crippen molar-refractivity contribution < 1.29 is 8.91 Å². The number of nitrogens with one attached hydrogen (secondary N) is 1. The zero-order chi connectivity index (χ0) is 13.5. The Morgan fingerprint density at radius 3 is 2.90 bits per heavy atom. The zero-order valence-corrected chi connectivity index (χ0v) is 11.1. The Hall–Kier alpha value is -1.75. The number of nitrogens with zero attached hydrogens (tertiary/aromatic N) is 2. The standard InChI is InChI=1S/C15H16FN3O/c16-11-6-4-9(5-7-11)14-18-15(20-19-14)13-12-3-1-2-10(12)8-17-13/h4-7,10,12-13,17H,1-3,8H2. The zero-order valence-electron chi connectivity index (χ0n) is 11.1. The van der Waals surface area contributed by atoms with Crippen molar-refractivity contribution in [3.8, 4) is 11.4 Å². The van der Waals surface area contributed by atoms with Gasteiger partial charge in [0.05, 0.1) is 6.04 Å². The molecule has 4 nitrogen and oxygen atoms in total. The predicted octanol–water partition coefficient (Wildman–Crippen LogP) is 2.94. The van der Waals surface area contributed by atoms with Crippen LogP contribution in [0.5, 0.6) is 0 Å². The van der Waals surface area contributed by atoms with Crippen molar-refractivity contribution in [2.75, 3.05) is 6.54 Å². The molecule has 1 aliphatic heterocycles. The summed E-state index contributed by atoms with van der Waals surface area (Å²) in [5.74, 6) is 2.31. The molecule has 0 amide bonds. The van der Waals surface area contributed by atoms with Gasteiger partial charge in [-0.25, -0.2) is 4.39 Å². The third-order valence-corrected chi connectivity index (χ3v) is 4.56. The molecule has 0 spiro atoms. The minimum absolute atomic E-state index is 0.184. The Bertz CT molecular complexity index is 610. The molecule has 1 saturated carbocycles. The molecule has 1 saturated heterocycles. The van der Waals surface area contributed by atoms with Crippen molar-refractivity contribution in [2.24, 2.45) is 11.8 Å². The summed E-state index contributed by atoms with van der Waals surface area (Å²) in [5.41, 5.74) is 0.780. The molecule has 2 aliphatic rings. The number of hydrogen-bond acceptors (Lipinski definition) is 4. The second-order valence-electron chi connectivity index (χ2n) is 5.70. The number of hydrogen-bond donors (Lipinski definition) is 1. The van der Waals surface area contributed by atoms with Gasteiger partial charge < -0.3 is 9.84 Å². The molecule has 1 aromatic heterocycles. The van der Waals surface area contributed by atoms with Crippen LogP contribution >= 0.6 is 0 Å². The first kappa shape index (κ1) is 12.0. The van der Waals surface area contributed by atoms with Crippen LogP contribution in [0.4, 0.5) is 4.39 Å². The number of halogens is 1. The van der Waals surface area contributed by atoms with Crippen molar-refractivity contribution in [1.29, 1.82) is 0 Å². The molecule has 1 aromatic carbocycles. The molecule has 0 radical (unpaired) electrons. The van der Waals surface area contributed by atoms with Gasteiger partial charge in [0.15, 0.2) is 0 Å². The fraction of sp³-hybridized carbons (Fsp3) is 0.467. The van der Waals surface area contributed by atoms with Gasteiger partial charge in [0.2, 0.25) is 11.7 Å². The summed E-state index contributed by atoms with van der Waals surface area (Å²) >= 11 is 0. The lowest BCUT2D eigenvalue weighted by Gasteiger charge is -2.13. The van der Waals surface area contributed by atoms with E-state index in [2.05, 4.69) is 15.5 Å². The number of rotatable bonds is 2. The van der Waals surface area contributed by atoms with Crippen molar-refractivity contribution in [1.82, 2.24) is 15.5 Å². The Balaban J connectivity index is 1.60. The van der Waals surface area contributed by atoms with Crippen LogP contribution in [0.3, 0.4) is 0 Å². The minimum atomic E-state index is -0.260. The largest absolute Gasteiger partial charge is 0.337 e. The van der Waals surface area contributed by atoms with Gasteiger partial charge in [-0.3, -0.25) is 0 Å². The predicted molar refractivity (Wildman–Crippen MR) is 71.3 cm³/mol. The second-order valence-corrected chi connectivity index (χ2v) is 5.70. The third kappa shape index (κ3) is 1.93. The third-order valence-electron chi connectivity index (χ3n) is 4.56. The van der Waals surface area contributed by atoms with Gasteiger partial charge >= 0.3 is 0 Å². The number of benzene rings is 1. The Kier molecular flexibility index (Phi) is 2.80. The van der Waals surface area contributed by atoms with Crippen molar-refractivity contribution in [2.45, 2.75) is 25.3 Å². The second kappa shape index (κ2) is 4.66. The molecule has 3 atom stereocenters. The van der Waals surface area contributed by atoms with Gasteiger partial charge in [-0.15, -0.1) is 0 Å². The number of fused-ring (bicyclic) bond motifs is 1. The highest BCUT2D eigenvalue weighted by molar-refractivity contribution is 5.53. The summed E-state index contributed by atoms with van der Waals surface area (Å²) in [5, 5.41) is 7.52. The minimum Gasteiger partial charge on any atom is -0.337 e. The van der Waals surface area contributed by atoms with E-state index in [4.69, 9.17) is 4.52 Å². The smallest absolute Gasteiger partial charge is 0.244 e. The molecule has 0 bridgehead atoms. The molecule has 2 aromatic rings. The van der Waals surface area contributed by atoms with Gasteiger partial charge in [0.1, 0.15) is 5.82 Å². The van der Waals surface area contributed by atoms with Gasteiger partial charge in [-0.1, -0.05) is 11.6 Å². The molecule has 5 heteroatoms. The van der Waals surface area contributed by atoms with E-state index in [1.807, 2.05) is 0 Å². The summed E-state index contributed by atoms with van der Waals surface area (Å²) in [6.07, 6.45) is 3.83. The average molecular weight is 273 g/mol. The van der Waals surface area contributed by atoms with Crippen molar-refractivity contribution in [3.63, 3.8) is 0 Å². The van der Waals surface area contributed by atoms with Crippen LogP contribution in [0.25, 0.3) is 11.4 Å². The topological polar surface area (TPSA) is 51.0 Å². The van der Waals surface area contributed by atoms with Crippen LogP contribution < -0.4 is 5.32 Å². The first-order chi connectivity index (χ1) is 9.81. The molecule has 1 N–H and O–H groups in total. The Morgan fingerprint density at radius 1 is 1.20 bits per heavy atom. The molecular formula is C15H16FN3O. The molecule has 20 heavy (non-hydrogen) atoms. The fourth-order valence-corrected chi connectivity index (χ4v) is 3.54. The van der Waals surface area contributed by atoms with E-state index < -0.39 is 0 Å². The average Bonchev–Trinajstić information content (AvgIpc) is 3.15. The van der Waals surface area contributed by atoms with E-state index in [1.54, 1.807) is 12.1 Å². The van der Waals surface area contributed by atoms with Crippen LogP contribution in [0.15, 0.2) is 28.8 Å². The van der Waals surface area contributed by atoms with Gasteiger partial charge in [-0.2, -0.15) is 4.98 Å². The van der Waals surface area contributed by atoms with E-state index >= 15 is 0 Å². The van der Waals surface area contributed by atoms with Gasteiger partial charge in [0.25, 0.3) is 0 Å². The van der Waals surface area contributed by atoms with E-state index in [-0.39, 0.29) is 11.9 Å². The maximum atomic E-state index is 12.9. The first-order valence-corrected chi connectivity index (χ1v) is 7.14. The summed E-state index contributed by atoms with van der Waals surface area (Å²) in [6.45, 7) is 1.05. The lowest BCUT2D eigenvalue weighted by molar-refractivity contribution is 0.302. The lowest BCUT2D eigenvalue weighted by atomic mass is 9.94.